The van der Waals surface area contributed by atoms with Gasteiger partial charge in [0.15, 0.2) is 7.14 Å². The minimum absolute atomic E-state index is 0.854. The first-order valence-electron chi connectivity index (χ1n) is 8.64. The predicted molar refractivity (Wildman–Crippen MR) is 114 cm³/mol. The lowest BCUT2D eigenvalue weighted by Crippen LogP contribution is -2.25. The molecular weight excluding hydrogens is 339 g/mol. The molecule has 4 heteroatoms. The van der Waals surface area contributed by atoms with Gasteiger partial charge in [0.1, 0.15) is 0 Å². The van der Waals surface area contributed by atoms with Crippen LogP contribution < -0.4 is 25.7 Å². The van der Waals surface area contributed by atoms with E-state index in [-0.39, 0.29) is 0 Å². The van der Waals surface area contributed by atoms with Crippen molar-refractivity contribution < 1.29 is 4.57 Å². The monoisotopic (exact) mass is 364 g/mol. The van der Waals surface area contributed by atoms with E-state index in [1.54, 1.807) is 0 Å². The highest BCUT2D eigenvalue weighted by molar-refractivity contribution is 7.85. The molecule has 0 fully saturated rings. The van der Waals surface area contributed by atoms with Gasteiger partial charge < -0.3 is 14.4 Å². The minimum atomic E-state index is -2.91. The maximum Gasteiger partial charge on any atom is 0.171 e. The largest absolute Gasteiger partial charge is 0.378 e. The number of nitrogens with zero attached hydrogens (tertiary/aromatic N) is 2. The molecule has 3 nitrogen and oxygen atoms in total. The summed E-state index contributed by atoms with van der Waals surface area (Å²) in [6.45, 7) is 0. The molecule has 0 radical (unpaired) electrons. The average molecular weight is 364 g/mol. The normalized spacial score (nSPS) is 11.2. The Balaban J connectivity index is 2.16. The second-order valence-electron chi connectivity index (χ2n) is 6.77. The number of rotatable bonds is 5. The summed E-state index contributed by atoms with van der Waals surface area (Å²) in [4.78, 5) is 4.09. The Morgan fingerprint density at radius 3 is 1.23 bits per heavy atom. The maximum atomic E-state index is 14.4. The van der Waals surface area contributed by atoms with Crippen LogP contribution >= 0.6 is 7.14 Å². The van der Waals surface area contributed by atoms with Crippen molar-refractivity contribution >= 4 is 34.4 Å². The van der Waals surface area contributed by atoms with Crippen LogP contribution in [0.25, 0.3) is 0 Å². The third kappa shape index (κ3) is 3.40. The molecule has 0 spiro atoms. The number of hydrogen-bond donors (Lipinski definition) is 0. The molecule has 0 aliphatic rings. The standard InChI is InChI=1S/C22H25N2OP/c1-23(2)18-10-14-21(15-11-18)26(25,20-8-6-5-7-9-20)22-16-12-19(13-17-22)24(3)4/h5-17H,1-4H3. The zero-order valence-electron chi connectivity index (χ0n) is 15.8. The van der Waals surface area contributed by atoms with E-state index < -0.39 is 7.14 Å². The van der Waals surface area contributed by atoms with Crippen molar-refractivity contribution in [3.63, 3.8) is 0 Å². The van der Waals surface area contributed by atoms with Crippen LogP contribution in [0.3, 0.4) is 0 Å². The van der Waals surface area contributed by atoms with Crippen LogP contribution in [0.5, 0.6) is 0 Å². The van der Waals surface area contributed by atoms with Gasteiger partial charge >= 0.3 is 0 Å². The molecule has 26 heavy (non-hydrogen) atoms. The van der Waals surface area contributed by atoms with Crippen LogP contribution in [0, 0.1) is 0 Å². The molecular formula is C22H25N2OP. The van der Waals surface area contributed by atoms with Crippen LogP contribution in [0.1, 0.15) is 0 Å². The molecule has 0 bridgehead atoms. The molecule has 0 aliphatic carbocycles. The molecule has 134 valence electrons. The summed E-state index contributed by atoms with van der Waals surface area (Å²) >= 11 is 0. The Bertz CT molecular complexity index is 846. The van der Waals surface area contributed by atoms with E-state index in [0.717, 1.165) is 27.3 Å². The van der Waals surface area contributed by atoms with E-state index in [4.69, 9.17) is 0 Å². The highest BCUT2D eigenvalue weighted by Crippen LogP contribution is 2.42. The number of hydrogen-bond acceptors (Lipinski definition) is 3. The number of benzene rings is 3. The lowest BCUT2D eigenvalue weighted by Gasteiger charge is -2.22. The summed E-state index contributed by atoms with van der Waals surface area (Å²) in [5.41, 5.74) is 2.19. The van der Waals surface area contributed by atoms with E-state index >= 15 is 0 Å². The third-order valence-electron chi connectivity index (χ3n) is 4.58. The molecule has 0 aromatic heterocycles. The molecule has 3 aromatic rings. The summed E-state index contributed by atoms with van der Waals surface area (Å²) < 4.78 is 14.4. The lowest BCUT2D eigenvalue weighted by atomic mass is 10.3. The van der Waals surface area contributed by atoms with Gasteiger partial charge in [-0.1, -0.05) is 30.3 Å². The van der Waals surface area contributed by atoms with Gasteiger partial charge in [-0.3, -0.25) is 0 Å². The molecule has 0 saturated heterocycles. The van der Waals surface area contributed by atoms with Gasteiger partial charge in [-0.15, -0.1) is 0 Å². The molecule has 0 saturated carbocycles. The van der Waals surface area contributed by atoms with Crippen molar-refractivity contribution in [2.45, 2.75) is 0 Å². The van der Waals surface area contributed by atoms with Gasteiger partial charge in [0.2, 0.25) is 0 Å². The van der Waals surface area contributed by atoms with Crippen molar-refractivity contribution in [1.29, 1.82) is 0 Å². The fraction of sp³-hybridized carbons (Fsp3) is 0.182. The van der Waals surface area contributed by atoms with Gasteiger partial charge in [-0.2, -0.15) is 0 Å². The second-order valence-corrected chi connectivity index (χ2v) is 9.53. The highest BCUT2D eigenvalue weighted by atomic mass is 31.2. The van der Waals surface area contributed by atoms with Crippen molar-refractivity contribution in [2.24, 2.45) is 0 Å². The molecule has 0 aliphatic heterocycles. The lowest BCUT2D eigenvalue weighted by molar-refractivity contribution is 0.592. The van der Waals surface area contributed by atoms with Gasteiger partial charge in [-0.05, 0) is 48.5 Å². The van der Waals surface area contributed by atoms with Crippen LogP contribution in [0.4, 0.5) is 11.4 Å². The van der Waals surface area contributed by atoms with E-state index in [2.05, 4.69) is 0 Å². The van der Waals surface area contributed by atoms with E-state index in [1.807, 2.05) is 117 Å². The Hall–Kier alpha value is -2.51. The molecule has 0 unspecified atom stereocenters. The molecule has 3 aromatic carbocycles. The van der Waals surface area contributed by atoms with Crippen LogP contribution in [0.15, 0.2) is 78.9 Å². The van der Waals surface area contributed by atoms with Crippen molar-refractivity contribution in [3.05, 3.63) is 78.9 Å². The quantitative estimate of drug-likeness (QED) is 0.648. The van der Waals surface area contributed by atoms with Crippen LogP contribution in [-0.4, -0.2) is 28.2 Å². The van der Waals surface area contributed by atoms with Gasteiger partial charge in [0.25, 0.3) is 0 Å². The first kappa shape index (κ1) is 18.3. The van der Waals surface area contributed by atoms with Crippen molar-refractivity contribution in [3.8, 4) is 0 Å². The second kappa shape index (κ2) is 7.39. The Morgan fingerprint density at radius 1 is 0.538 bits per heavy atom. The molecule has 0 N–H and O–H groups in total. The predicted octanol–water partition coefficient (Wildman–Crippen LogP) is 3.46. The van der Waals surface area contributed by atoms with Crippen LogP contribution in [0.2, 0.25) is 0 Å². The van der Waals surface area contributed by atoms with Crippen LogP contribution in [-0.2, 0) is 4.57 Å². The van der Waals surface area contributed by atoms with Crippen molar-refractivity contribution in [2.75, 3.05) is 38.0 Å². The minimum Gasteiger partial charge on any atom is -0.378 e. The van der Waals surface area contributed by atoms with E-state index in [1.165, 1.54) is 0 Å². The Kier molecular flexibility index (Phi) is 5.20. The van der Waals surface area contributed by atoms with E-state index in [9.17, 15) is 4.57 Å². The Labute approximate surface area is 156 Å². The molecule has 0 amide bonds. The zero-order valence-corrected chi connectivity index (χ0v) is 16.6. The number of anilines is 2. The first-order valence-corrected chi connectivity index (χ1v) is 10.3. The summed E-state index contributed by atoms with van der Waals surface area (Å²) in [5, 5.41) is 2.56. The average Bonchev–Trinajstić information content (AvgIpc) is 2.68. The highest BCUT2D eigenvalue weighted by Gasteiger charge is 2.29. The SMILES string of the molecule is CN(C)c1ccc(P(=O)(c2ccccc2)c2ccc(N(C)C)cc2)cc1. The fourth-order valence-electron chi connectivity index (χ4n) is 3.01. The van der Waals surface area contributed by atoms with Gasteiger partial charge in [-0.25, -0.2) is 0 Å². The van der Waals surface area contributed by atoms with Gasteiger partial charge in [0.05, 0.1) is 0 Å². The summed E-state index contributed by atoms with van der Waals surface area (Å²) in [6, 6.07) is 25.8. The fourth-order valence-corrected chi connectivity index (χ4v) is 5.63. The summed E-state index contributed by atoms with van der Waals surface area (Å²) in [5.74, 6) is 0. The summed E-state index contributed by atoms with van der Waals surface area (Å²) in [7, 11) is 5.11. The zero-order chi connectivity index (χ0) is 18.7. The topological polar surface area (TPSA) is 23.6 Å². The summed E-state index contributed by atoms with van der Waals surface area (Å²) in [6.07, 6.45) is 0. The first-order chi connectivity index (χ1) is 12.4. The Morgan fingerprint density at radius 2 is 0.885 bits per heavy atom. The third-order valence-corrected chi connectivity index (χ3v) is 7.66. The van der Waals surface area contributed by atoms with E-state index in [0.29, 0.717) is 0 Å². The van der Waals surface area contributed by atoms with Crippen molar-refractivity contribution in [1.82, 2.24) is 0 Å². The molecule has 0 heterocycles. The smallest absolute Gasteiger partial charge is 0.171 e. The maximum absolute atomic E-state index is 14.4. The molecule has 0 atom stereocenters. The van der Waals surface area contributed by atoms with Gasteiger partial charge in [0, 0.05) is 55.5 Å². The molecule has 3 rings (SSSR count).